The molecule has 158 valence electrons. The third-order valence-electron chi connectivity index (χ3n) is 5.88. The van der Waals surface area contributed by atoms with Crippen LogP contribution in [0.15, 0.2) is 54.9 Å². The molecule has 1 aliphatic heterocycles. The maximum Gasteiger partial charge on any atom is 0.307 e. The Morgan fingerprint density at radius 2 is 1.87 bits per heavy atom. The fraction of sp³-hybridized carbons (Fsp3) is 0.304. The van der Waals surface area contributed by atoms with E-state index < -0.39 is 4.92 Å². The molecule has 0 saturated heterocycles. The number of ether oxygens (including phenoxy) is 1. The van der Waals surface area contributed by atoms with Crippen molar-refractivity contribution >= 4 is 17.3 Å². The first kappa shape index (κ1) is 19.3. The number of amides is 1. The summed E-state index contributed by atoms with van der Waals surface area (Å²) in [6.45, 7) is 2.08. The van der Waals surface area contributed by atoms with Gasteiger partial charge in [0.25, 0.3) is 0 Å². The van der Waals surface area contributed by atoms with Gasteiger partial charge in [-0.25, -0.2) is 4.68 Å². The van der Waals surface area contributed by atoms with Gasteiger partial charge in [-0.15, -0.1) is 0 Å². The first-order valence-electron chi connectivity index (χ1n) is 10.4. The zero-order chi connectivity index (χ0) is 21.5. The molecule has 2 aliphatic rings. The number of rotatable bonds is 5. The number of hydrogen-bond acceptors (Lipinski definition) is 5. The number of benzene rings is 2. The van der Waals surface area contributed by atoms with Crippen molar-refractivity contribution in [3.63, 3.8) is 0 Å². The lowest BCUT2D eigenvalue weighted by Gasteiger charge is -2.36. The highest BCUT2D eigenvalue weighted by Gasteiger charge is 2.39. The molecule has 2 heterocycles. The predicted octanol–water partition coefficient (Wildman–Crippen LogP) is 4.65. The van der Waals surface area contributed by atoms with E-state index in [0.29, 0.717) is 17.2 Å². The number of nitro groups is 1. The molecule has 8 nitrogen and oxygen atoms in total. The molecular formula is C23H22N4O4. The minimum Gasteiger partial charge on any atom is -0.455 e. The van der Waals surface area contributed by atoms with Crippen molar-refractivity contribution in [2.75, 3.05) is 4.90 Å². The zero-order valence-corrected chi connectivity index (χ0v) is 17.1. The third kappa shape index (κ3) is 3.54. The lowest BCUT2D eigenvalue weighted by Crippen LogP contribution is -2.43. The van der Waals surface area contributed by atoms with Crippen LogP contribution in [0.1, 0.15) is 31.7 Å². The van der Waals surface area contributed by atoms with Crippen molar-refractivity contribution in [1.29, 1.82) is 0 Å². The molecule has 0 radical (unpaired) electrons. The number of carbonyl (C=O) groups excluding carboxylic acids is 1. The first-order valence-corrected chi connectivity index (χ1v) is 10.4. The summed E-state index contributed by atoms with van der Waals surface area (Å²) in [5.41, 5.74) is 2.28. The average molecular weight is 418 g/mol. The largest absolute Gasteiger partial charge is 0.455 e. The van der Waals surface area contributed by atoms with Crippen molar-refractivity contribution < 1.29 is 14.5 Å². The fourth-order valence-electron chi connectivity index (χ4n) is 4.10. The van der Waals surface area contributed by atoms with E-state index in [0.717, 1.165) is 36.9 Å². The Kier molecular flexibility index (Phi) is 4.69. The van der Waals surface area contributed by atoms with E-state index in [4.69, 9.17) is 4.74 Å². The van der Waals surface area contributed by atoms with E-state index in [1.807, 2.05) is 47.4 Å². The summed E-state index contributed by atoms with van der Waals surface area (Å²) in [5.74, 6) is 1.50. The van der Waals surface area contributed by atoms with Gasteiger partial charge in [-0.05, 0) is 56.9 Å². The summed E-state index contributed by atoms with van der Waals surface area (Å²) in [6.07, 6.45) is 6.04. The van der Waals surface area contributed by atoms with Crippen LogP contribution in [0.2, 0.25) is 0 Å². The number of fused-ring (bicyclic) bond motifs is 1. The van der Waals surface area contributed by atoms with Gasteiger partial charge in [0, 0.05) is 17.5 Å². The molecule has 1 unspecified atom stereocenters. The van der Waals surface area contributed by atoms with Crippen LogP contribution < -0.4 is 9.64 Å². The predicted molar refractivity (Wildman–Crippen MR) is 115 cm³/mol. The van der Waals surface area contributed by atoms with Crippen LogP contribution in [0.3, 0.4) is 0 Å². The maximum atomic E-state index is 13.0. The van der Waals surface area contributed by atoms with Gasteiger partial charge in [0.1, 0.15) is 23.8 Å². The Bertz CT molecular complexity index is 1150. The number of anilines is 1. The Morgan fingerprint density at radius 1 is 1.13 bits per heavy atom. The molecule has 1 aromatic heterocycles. The lowest BCUT2D eigenvalue weighted by atomic mass is 9.94. The SMILES string of the molecule is CC1CCc2c(ccc(-n3cc([N+](=O)[O-])cn3)c2Oc2ccccc2)N1C(=O)C1CC1. The highest BCUT2D eigenvalue weighted by molar-refractivity contribution is 5.98. The number of aromatic nitrogens is 2. The van der Waals surface area contributed by atoms with E-state index >= 15 is 0 Å². The van der Waals surface area contributed by atoms with Gasteiger partial charge in [-0.2, -0.15) is 5.10 Å². The number of carbonyl (C=O) groups is 1. The van der Waals surface area contributed by atoms with Gasteiger partial charge in [0.15, 0.2) is 5.75 Å². The normalized spacial score (nSPS) is 17.8. The fourth-order valence-corrected chi connectivity index (χ4v) is 4.10. The molecule has 1 atom stereocenters. The summed E-state index contributed by atoms with van der Waals surface area (Å²) >= 11 is 0. The molecule has 8 heteroatoms. The molecule has 1 saturated carbocycles. The van der Waals surface area contributed by atoms with Crippen molar-refractivity contribution in [3.05, 3.63) is 70.5 Å². The summed E-state index contributed by atoms with van der Waals surface area (Å²) in [7, 11) is 0. The van der Waals surface area contributed by atoms with Gasteiger partial charge >= 0.3 is 5.69 Å². The summed E-state index contributed by atoms with van der Waals surface area (Å²) in [5, 5.41) is 15.3. The Morgan fingerprint density at radius 3 is 2.55 bits per heavy atom. The molecule has 1 fully saturated rings. The van der Waals surface area contributed by atoms with Crippen LogP contribution in [-0.2, 0) is 11.2 Å². The topological polar surface area (TPSA) is 90.5 Å². The minimum atomic E-state index is -0.475. The third-order valence-corrected chi connectivity index (χ3v) is 5.88. The van der Waals surface area contributed by atoms with Gasteiger partial charge in [0.2, 0.25) is 5.91 Å². The van der Waals surface area contributed by atoms with Crippen LogP contribution in [-0.4, -0.2) is 26.7 Å². The molecule has 5 rings (SSSR count). The maximum absolute atomic E-state index is 13.0. The van der Waals surface area contributed by atoms with Gasteiger partial charge in [-0.3, -0.25) is 14.9 Å². The Hall–Kier alpha value is -3.68. The number of hydrogen-bond donors (Lipinski definition) is 0. The summed E-state index contributed by atoms with van der Waals surface area (Å²) in [6, 6.07) is 13.2. The standard InChI is InChI=1S/C23H22N4O4/c1-15-7-10-19-20(26(15)23(28)16-8-9-16)11-12-21(25-14-17(13-24-25)27(29)30)22(19)31-18-5-3-2-4-6-18/h2-6,11-16H,7-10H2,1H3. The molecule has 31 heavy (non-hydrogen) atoms. The average Bonchev–Trinajstić information content (AvgIpc) is 3.50. The molecular weight excluding hydrogens is 396 g/mol. The van der Waals surface area contributed by atoms with E-state index in [1.54, 1.807) is 0 Å². The van der Waals surface area contributed by atoms with Crippen LogP contribution >= 0.6 is 0 Å². The van der Waals surface area contributed by atoms with Crippen molar-refractivity contribution in [2.24, 2.45) is 5.92 Å². The van der Waals surface area contributed by atoms with Crippen molar-refractivity contribution in [1.82, 2.24) is 9.78 Å². The van der Waals surface area contributed by atoms with Gasteiger partial charge < -0.3 is 9.64 Å². The Labute approximate surface area is 179 Å². The lowest BCUT2D eigenvalue weighted by molar-refractivity contribution is -0.384. The van der Waals surface area contributed by atoms with Crippen molar-refractivity contribution in [2.45, 2.75) is 38.6 Å². The number of para-hydroxylation sites is 1. The minimum absolute atomic E-state index is 0.0949. The monoisotopic (exact) mass is 418 g/mol. The quantitative estimate of drug-likeness (QED) is 0.444. The first-order chi connectivity index (χ1) is 15.0. The smallest absolute Gasteiger partial charge is 0.307 e. The second-order valence-electron chi connectivity index (χ2n) is 8.10. The molecule has 2 aromatic carbocycles. The molecule has 0 bridgehead atoms. The van der Waals surface area contributed by atoms with Crippen LogP contribution in [0.4, 0.5) is 11.4 Å². The molecule has 0 N–H and O–H groups in total. The van der Waals surface area contributed by atoms with E-state index in [1.165, 1.54) is 17.1 Å². The van der Waals surface area contributed by atoms with Crippen molar-refractivity contribution in [3.8, 4) is 17.2 Å². The molecule has 1 aliphatic carbocycles. The zero-order valence-electron chi connectivity index (χ0n) is 17.1. The van der Waals surface area contributed by atoms with Crippen LogP contribution in [0.25, 0.3) is 5.69 Å². The number of nitrogens with zero attached hydrogens (tertiary/aromatic N) is 4. The second-order valence-corrected chi connectivity index (χ2v) is 8.10. The van der Waals surface area contributed by atoms with Crippen LogP contribution in [0, 0.1) is 16.0 Å². The van der Waals surface area contributed by atoms with E-state index in [-0.39, 0.29) is 23.6 Å². The highest BCUT2D eigenvalue weighted by atomic mass is 16.6. The van der Waals surface area contributed by atoms with Gasteiger partial charge in [-0.1, -0.05) is 18.2 Å². The van der Waals surface area contributed by atoms with Gasteiger partial charge in [0.05, 0.1) is 10.6 Å². The molecule has 3 aromatic rings. The molecule has 1 amide bonds. The van der Waals surface area contributed by atoms with E-state index in [9.17, 15) is 14.9 Å². The highest BCUT2D eigenvalue weighted by Crippen LogP contribution is 2.44. The van der Waals surface area contributed by atoms with E-state index in [2.05, 4.69) is 12.0 Å². The second kappa shape index (κ2) is 7.54. The molecule has 0 spiro atoms. The Balaban J connectivity index is 1.65. The summed E-state index contributed by atoms with van der Waals surface area (Å²) < 4.78 is 7.76. The van der Waals surface area contributed by atoms with Crippen LogP contribution in [0.5, 0.6) is 11.5 Å². The summed E-state index contributed by atoms with van der Waals surface area (Å²) in [4.78, 5) is 25.6.